The van der Waals surface area contributed by atoms with Crippen LogP contribution in [-0.4, -0.2) is 37.6 Å². The lowest BCUT2D eigenvalue weighted by molar-refractivity contribution is 0.176. The average molecular weight is 420 g/mol. The van der Waals surface area contributed by atoms with E-state index in [-0.39, 0.29) is 21.5 Å². The molecular weight excluding hydrogens is 394 g/mol. The van der Waals surface area contributed by atoms with Gasteiger partial charge in [0.25, 0.3) is 0 Å². The quantitative estimate of drug-likeness (QED) is 0.767. The Morgan fingerprint density at radius 2 is 1.93 bits per heavy atom. The summed E-state index contributed by atoms with van der Waals surface area (Å²) in [6.45, 7) is 7.77. The van der Waals surface area contributed by atoms with Crippen molar-refractivity contribution in [3.05, 3.63) is 46.9 Å². The Hall–Kier alpha value is -1.41. The number of hydrogen-bond donors (Lipinski definition) is 1. The number of hydrogen-bond acceptors (Lipinski definition) is 6. The molecule has 1 N–H and O–H groups in total. The number of piperidine rings is 1. The second kappa shape index (κ2) is 7.44. The molecule has 4 rings (SSSR count). The maximum absolute atomic E-state index is 12.9. The number of fused-ring (bicyclic) bond motifs is 1. The van der Waals surface area contributed by atoms with Gasteiger partial charge in [-0.2, -0.15) is 0 Å². The fourth-order valence-electron chi connectivity index (χ4n) is 4.31. The van der Waals surface area contributed by atoms with E-state index in [0.717, 1.165) is 38.2 Å². The third-order valence-corrected chi connectivity index (χ3v) is 7.64. The van der Waals surface area contributed by atoms with Crippen molar-refractivity contribution >= 4 is 28.8 Å². The van der Waals surface area contributed by atoms with Gasteiger partial charge in [-0.15, -0.1) is 14.9 Å². The third-order valence-electron chi connectivity index (χ3n) is 5.91. The summed E-state index contributed by atoms with van der Waals surface area (Å²) in [6, 6.07) is 8.67. The minimum absolute atomic E-state index is 0.0639. The van der Waals surface area contributed by atoms with Crippen LogP contribution < -0.4 is 9.62 Å². The smallest absolute Gasteiger partial charge is 0.243 e. The van der Waals surface area contributed by atoms with Gasteiger partial charge in [0, 0.05) is 29.9 Å². The summed E-state index contributed by atoms with van der Waals surface area (Å²) in [6.07, 6.45) is 4.68. The molecule has 2 heterocycles. The summed E-state index contributed by atoms with van der Waals surface area (Å²) in [7, 11) is 0. The maximum atomic E-state index is 12.9. The van der Waals surface area contributed by atoms with E-state index >= 15 is 0 Å². The Labute approximate surface area is 174 Å². The number of rotatable bonds is 3. The van der Waals surface area contributed by atoms with Crippen LogP contribution in [0.3, 0.4) is 0 Å². The first kappa shape index (κ1) is 19.9. The molecule has 2 atom stereocenters. The summed E-state index contributed by atoms with van der Waals surface area (Å²) in [5.41, 5.74) is 2.72. The first-order valence-corrected chi connectivity index (χ1v) is 11.2. The maximum Gasteiger partial charge on any atom is 0.243 e. The van der Waals surface area contributed by atoms with E-state index in [1.54, 1.807) is 6.20 Å². The number of anilines is 1. The second-order valence-electron chi connectivity index (χ2n) is 8.74. The number of benzene rings is 1. The molecule has 2 aliphatic rings. The first-order valence-electron chi connectivity index (χ1n) is 9.65. The van der Waals surface area contributed by atoms with Crippen molar-refractivity contribution in [1.29, 1.82) is 0 Å². The lowest BCUT2D eigenvalue weighted by Crippen LogP contribution is -2.49. The molecule has 1 aliphatic heterocycles. The molecule has 1 aliphatic carbocycles. The van der Waals surface area contributed by atoms with Crippen LogP contribution in [0.4, 0.5) is 5.82 Å². The lowest BCUT2D eigenvalue weighted by atomic mass is 9.73. The summed E-state index contributed by atoms with van der Waals surface area (Å²) < 4.78 is 16.1. The van der Waals surface area contributed by atoms with Gasteiger partial charge in [-0.05, 0) is 62.8 Å². The van der Waals surface area contributed by atoms with Gasteiger partial charge >= 0.3 is 0 Å². The van der Waals surface area contributed by atoms with E-state index in [9.17, 15) is 4.55 Å². The zero-order chi connectivity index (χ0) is 19.9. The molecule has 6 nitrogen and oxygen atoms in total. The van der Waals surface area contributed by atoms with E-state index in [1.165, 1.54) is 11.1 Å². The number of nitrogens with zero attached hydrogens (tertiary/aromatic N) is 4. The molecule has 1 aromatic heterocycles. The second-order valence-corrected chi connectivity index (χ2v) is 11.1. The Balaban J connectivity index is 1.56. The van der Waals surface area contributed by atoms with Crippen LogP contribution in [0.15, 0.2) is 30.5 Å². The van der Waals surface area contributed by atoms with Crippen LogP contribution in [0.5, 0.6) is 0 Å². The van der Waals surface area contributed by atoms with Gasteiger partial charge in [-0.25, -0.2) is 4.98 Å². The Morgan fingerprint density at radius 3 is 2.57 bits per heavy atom. The van der Waals surface area contributed by atoms with Gasteiger partial charge in [-0.1, -0.05) is 24.3 Å². The molecule has 2 aromatic rings. The molecule has 8 heteroatoms. The molecule has 0 amide bonds. The topological polar surface area (TPSA) is 77.0 Å². The average Bonchev–Trinajstić information content (AvgIpc) is 2.95. The van der Waals surface area contributed by atoms with Crippen molar-refractivity contribution in [3.8, 4) is 0 Å². The van der Waals surface area contributed by atoms with Crippen molar-refractivity contribution in [2.75, 3.05) is 18.0 Å². The summed E-state index contributed by atoms with van der Waals surface area (Å²) in [5, 5.41) is 8.20. The van der Waals surface area contributed by atoms with Crippen LogP contribution in [0.1, 0.15) is 50.8 Å². The van der Waals surface area contributed by atoms with Crippen molar-refractivity contribution < 1.29 is 4.55 Å². The van der Waals surface area contributed by atoms with Gasteiger partial charge in [0.15, 0.2) is 5.82 Å². The molecule has 0 bridgehead atoms. The van der Waals surface area contributed by atoms with Crippen LogP contribution in [0.2, 0.25) is 5.28 Å². The highest BCUT2D eigenvalue weighted by atomic mass is 35.5. The zero-order valence-electron chi connectivity index (χ0n) is 16.5. The highest BCUT2D eigenvalue weighted by Crippen LogP contribution is 2.52. The number of aromatic nitrogens is 3. The summed E-state index contributed by atoms with van der Waals surface area (Å²) >= 11 is 4.64. The third kappa shape index (κ3) is 3.73. The van der Waals surface area contributed by atoms with E-state index in [4.69, 9.17) is 11.6 Å². The van der Waals surface area contributed by atoms with Gasteiger partial charge in [-0.3, -0.25) is 0 Å². The standard InChI is InChI=1S/C20H26ClN5OS/c1-19(2,3)28(27)25-17-15-7-5-4-6-14(15)12-20(17)8-10-26(11-9-20)16-13-22-18(21)24-23-16/h4-7,13,17,25H,8-12H2,1-3H3/t17-,28?/m1/s1. The van der Waals surface area contributed by atoms with Crippen molar-refractivity contribution in [2.45, 2.75) is 50.8 Å². The van der Waals surface area contributed by atoms with E-state index in [0.29, 0.717) is 0 Å². The molecule has 1 aromatic carbocycles. The molecule has 1 unspecified atom stereocenters. The Morgan fingerprint density at radius 1 is 1.21 bits per heavy atom. The van der Waals surface area contributed by atoms with Crippen LogP contribution in [-0.2, 0) is 17.8 Å². The van der Waals surface area contributed by atoms with E-state index < -0.39 is 11.4 Å². The highest BCUT2D eigenvalue weighted by molar-refractivity contribution is 7.90. The molecular formula is C20H26ClN5OS. The SMILES string of the molecule is CC(C)(C)[S+]([O-])N[C@@H]1c2ccccc2CC12CCN(c1cnc(Cl)nn1)CC2. The van der Waals surface area contributed by atoms with Crippen LogP contribution >= 0.6 is 11.6 Å². The lowest BCUT2D eigenvalue weighted by Gasteiger charge is -2.44. The van der Waals surface area contributed by atoms with Gasteiger partial charge in [0.05, 0.1) is 12.2 Å². The fourth-order valence-corrected chi connectivity index (χ4v) is 5.34. The van der Waals surface area contributed by atoms with Gasteiger partial charge < -0.3 is 9.45 Å². The summed E-state index contributed by atoms with van der Waals surface area (Å²) in [4.78, 5) is 6.27. The van der Waals surface area contributed by atoms with E-state index in [1.807, 2.05) is 20.8 Å². The number of halogens is 1. The fraction of sp³-hybridized carbons (Fsp3) is 0.550. The Bertz CT molecular complexity index is 833. The molecule has 28 heavy (non-hydrogen) atoms. The predicted molar refractivity (Wildman–Crippen MR) is 113 cm³/mol. The molecule has 0 saturated carbocycles. The molecule has 1 saturated heterocycles. The van der Waals surface area contributed by atoms with Crippen LogP contribution in [0.25, 0.3) is 0 Å². The predicted octanol–water partition coefficient (Wildman–Crippen LogP) is 3.46. The summed E-state index contributed by atoms with van der Waals surface area (Å²) in [5.74, 6) is 0.762. The highest BCUT2D eigenvalue weighted by Gasteiger charge is 2.50. The van der Waals surface area contributed by atoms with Gasteiger partial charge in [0.1, 0.15) is 4.75 Å². The van der Waals surface area contributed by atoms with Crippen molar-refractivity contribution in [1.82, 2.24) is 19.9 Å². The zero-order valence-corrected chi connectivity index (χ0v) is 18.1. The van der Waals surface area contributed by atoms with Gasteiger partial charge in [0.2, 0.25) is 5.28 Å². The minimum atomic E-state index is -1.12. The molecule has 1 fully saturated rings. The van der Waals surface area contributed by atoms with Crippen LogP contribution in [0, 0.1) is 5.41 Å². The normalized spacial score (nSPS) is 22.3. The first-order chi connectivity index (χ1) is 13.3. The molecule has 1 spiro atoms. The van der Waals surface area contributed by atoms with E-state index in [2.05, 4.69) is 49.1 Å². The van der Waals surface area contributed by atoms with Crippen molar-refractivity contribution in [2.24, 2.45) is 5.41 Å². The minimum Gasteiger partial charge on any atom is -0.598 e. The molecule has 0 radical (unpaired) electrons. The largest absolute Gasteiger partial charge is 0.598 e. The Kier molecular flexibility index (Phi) is 5.29. The van der Waals surface area contributed by atoms with Crippen molar-refractivity contribution in [3.63, 3.8) is 0 Å². The number of nitrogens with one attached hydrogen (secondary N) is 1. The monoisotopic (exact) mass is 419 g/mol. The molecule has 150 valence electrons.